The number of anilines is 1. The fraction of sp³-hybridized carbons (Fsp3) is 0.133. The van der Waals surface area contributed by atoms with E-state index in [9.17, 15) is 0 Å². The fourth-order valence-corrected chi connectivity index (χ4v) is 4.04. The lowest BCUT2D eigenvalue weighted by Gasteiger charge is -2.26. The highest BCUT2D eigenvalue weighted by atomic mass is 79.9. The van der Waals surface area contributed by atoms with Gasteiger partial charge in [-0.2, -0.15) is 0 Å². The minimum Gasteiger partial charge on any atom is -0.369 e. The van der Waals surface area contributed by atoms with Crippen LogP contribution in [0.3, 0.4) is 0 Å². The van der Waals surface area contributed by atoms with E-state index in [1.54, 1.807) is 11.8 Å². The Kier molecular flexibility index (Phi) is 3.90. The first-order chi connectivity index (χ1) is 9.74. The zero-order valence-corrected chi connectivity index (χ0v) is 14.3. The Morgan fingerprint density at radius 2 is 2.00 bits per heavy atom. The molecular weight excluding hydrogens is 370 g/mol. The van der Waals surface area contributed by atoms with Crippen molar-refractivity contribution in [1.29, 1.82) is 0 Å². The topological polar surface area (TPSA) is 41.6 Å². The van der Waals surface area contributed by atoms with Crippen LogP contribution in [0.25, 0.3) is 0 Å². The third-order valence-electron chi connectivity index (χ3n) is 3.66. The third kappa shape index (κ3) is 2.33. The van der Waals surface area contributed by atoms with E-state index < -0.39 is 0 Å². The van der Waals surface area contributed by atoms with E-state index >= 15 is 0 Å². The highest BCUT2D eigenvalue weighted by molar-refractivity contribution is 8.93. The average molecular weight is 383 g/mol. The van der Waals surface area contributed by atoms with Crippen molar-refractivity contribution in [3.05, 3.63) is 53.1 Å². The van der Waals surface area contributed by atoms with E-state index in [1.165, 1.54) is 15.4 Å². The van der Waals surface area contributed by atoms with Crippen LogP contribution in [0.2, 0.25) is 5.02 Å². The van der Waals surface area contributed by atoms with Crippen LogP contribution in [0.4, 0.5) is 5.69 Å². The first-order valence-electron chi connectivity index (χ1n) is 6.39. The Morgan fingerprint density at radius 3 is 2.86 bits per heavy atom. The van der Waals surface area contributed by atoms with E-state index in [4.69, 9.17) is 17.3 Å². The van der Waals surface area contributed by atoms with Gasteiger partial charge in [-0.05, 0) is 35.9 Å². The zero-order chi connectivity index (χ0) is 13.7. The maximum absolute atomic E-state index is 6.17. The summed E-state index contributed by atoms with van der Waals surface area (Å²) in [5, 5.41) is 0.751. The van der Waals surface area contributed by atoms with Crippen molar-refractivity contribution in [2.45, 2.75) is 15.8 Å². The minimum atomic E-state index is 0. The molecule has 2 aliphatic heterocycles. The van der Waals surface area contributed by atoms with Gasteiger partial charge in [-0.1, -0.05) is 35.5 Å². The van der Waals surface area contributed by atoms with Crippen LogP contribution in [0, 0.1) is 0 Å². The molecule has 21 heavy (non-hydrogen) atoms. The number of nitrogens with two attached hydrogens (primary N) is 1. The van der Waals surface area contributed by atoms with Crippen molar-refractivity contribution >= 4 is 52.0 Å². The predicted octanol–water partition coefficient (Wildman–Crippen LogP) is 4.26. The van der Waals surface area contributed by atoms with Gasteiger partial charge in [-0.3, -0.25) is 4.99 Å². The molecule has 0 saturated carbocycles. The van der Waals surface area contributed by atoms with Gasteiger partial charge in [0.2, 0.25) is 0 Å². The average Bonchev–Trinajstić information content (AvgIpc) is 2.76. The van der Waals surface area contributed by atoms with Gasteiger partial charge in [0.25, 0.3) is 0 Å². The molecule has 0 aromatic heterocycles. The molecule has 0 spiro atoms. The quantitative estimate of drug-likeness (QED) is 0.740. The van der Waals surface area contributed by atoms with Gasteiger partial charge in [-0.15, -0.1) is 17.0 Å². The smallest absolute Gasteiger partial charge is 0.196 e. The monoisotopic (exact) mass is 381 g/mol. The SMILES string of the molecule is Br.NC1=NCC2c3cc(Cl)ccc3Sc3ccccc3N12. The standard InChI is InChI=1S/C15H12ClN3S.BrH/c16-9-5-6-13-10(7-9)12-8-18-15(17)19(12)11-3-1-2-4-14(11)20-13;/h1-7,12H,8H2,(H2,17,18);1H. The van der Waals surface area contributed by atoms with E-state index in [0.717, 1.165) is 10.7 Å². The molecule has 1 atom stereocenters. The highest BCUT2D eigenvalue weighted by Gasteiger charge is 2.34. The van der Waals surface area contributed by atoms with Gasteiger partial charge >= 0.3 is 0 Å². The number of hydrogen-bond donors (Lipinski definition) is 1. The summed E-state index contributed by atoms with van der Waals surface area (Å²) < 4.78 is 0. The molecule has 0 aliphatic carbocycles. The van der Waals surface area contributed by atoms with E-state index in [0.29, 0.717) is 12.5 Å². The molecule has 2 N–H and O–H groups in total. The Hall–Kier alpha value is -1.17. The molecule has 108 valence electrons. The number of fused-ring (bicyclic) bond motifs is 5. The number of guanidine groups is 1. The number of rotatable bonds is 0. The molecule has 0 fully saturated rings. The Bertz CT molecular complexity index is 735. The number of nitrogens with zero attached hydrogens (tertiary/aromatic N) is 2. The zero-order valence-electron chi connectivity index (χ0n) is 11.0. The van der Waals surface area contributed by atoms with Crippen molar-refractivity contribution < 1.29 is 0 Å². The molecule has 2 heterocycles. The summed E-state index contributed by atoms with van der Waals surface area (Å²) in [6.45, 7) is 0.675. The molecule has 6 heteroatoms. The Morgan fingerprint density at radius 1 is 1.19 bits per heavy atom. The first kappa shape index (κ1) is 14.8. The van der Waals surface area contributed by atoms with Crippen LogP contribution < -0.4 is 10.6 Å². The Balaban J connectivity index is 0.00000132. The van der Waals surface area contributed by atoms with Crippen LogP contribution in [0.1, 0.15) is 11.6 Å². The van der Waals surface area contributed by atoms with E-state index in [-0.39, 0.29) is 23.0 Å². The lowest BCUT2D eigenvalue weighted by molar-refractivity contribution is 0.753. The van der Waals surface area contributed by atoms with Crippen molar-refractivity contribution in [1.82, 2.24) is 0 Å². The van der Waals surface area contributed by atoms with Gasteiger partial charge in [0.1, 0.15) is 0 Å². The molecule has 0 amide bonds. The summed E-state index contributed by atoms with van der Waals surface area (Å²) in [6, 6.07) is 14.5. The summed E-state index contributed by atoms with van der Waals surface area (Å²) in [5.41, 5.74) is 8.42. The van der Waals surface area contributed by atoms with Crippen molar-refractivity contribution in [3.8, 4) is 0 Å². The van der Waals surface area contributed by atoms with Crippen LogP contribution in [0.5, 0.6) is 0 Å². The van der Waals surface area contributed by atoms with Gasteiger partial charge in [0.15, 0.2) is 5.96 Å². The van der Waals surface area contributed by atoms with Crippen molar-refractivity contribution in [3.63, 3.8) is 0 Å². The number of aliphatic imine (C=N–C) groups is 1. The summed E-state index contributed by atoms with van der Waals surface area (Å²) in [6.07, 6.45) is 0. The second-order valence-electron chi connectivity index (χ2n) is 4.84. The maximum atomic E-state index is 6.17. The molecule has 1 unspecified atom stereocenters. The molecule has 0 saturated heterocycles. The molecule has 0 bridgehead atoms. The molecule has 0 radical (unpaired) electrons. The van der Waals surface area contributed by atoms with Crippen LogP contribution in [0.15, 0.2) is 57.2 Å². The largest absolute Gasteiger partial charge is 0.369 e. The van der Waals surface area contributed by atoms with E-state index in [2.05, 4.69) is 28.1 Å². The molecule has 2 aliphatic rings. The first-order valence-corrected chi connectivity index (χ1v) is 7.59. The molecule has 2 aromatic carbocycles. The molecular formula is C15H13BrClN3S. The van der Waals surface area contributed by atoms with Crippen LogP contribution in [-0.4, -0.2) is 12.5 Å². The van der Waals surface area contributed by atoms with Gasteiger partial charge in [0.05, 0.1) is 18.3 Å². The molecule has 2 aromatic rings. The molecule has 3 nitrogen and oxygen atoms in total. The third-order valence-corrected chi connectivity index (χ3v) is 5.05. The maximum Gasteiger partial charge on any atom is 0.196 e. The lowest BCUT2D eigenvalue weighted by Crippen LogP contribution is -2.36. The number of hydrogen-bond acceptors (Lipinski definition) is 4. The van der Waals surface area contributed by atoms with Gasteiger partial charge in [0, 0.05) is 14.8 Å². The summed E-state index contributed by atoms with van der Waals surface area (Å²) in [7, 11) is 0. The van der Waals surface area contributed by atoms with E-state index in [1.807, 2.05) is 24.3 Å². The fourth-order valence-electron chi connectivity index (χ4n) is 2.76. The number of para-hydroxylation sites is 1. The summed E-state index contributed by atoms with van der Waals surface area (Å²) in [5.74, 6) is 0.580. The second kappa shape index (κ2) is 5.55. The van der Waals surface area contributed by atoms with Gasteiger partial charge in [-0.25, -0.2) is 0 Å². The van der Waals surface area contributed by atoms with Crippen molar-refractivity contribution in [2.75, 3.05) is 11.4 Å². The second-order valence-corrected chi connectivity index (χ2v) is 6.36. The minimum absolute atomic E-state index is 0. The number of benzene rings is 2. The number of halogens is 2. The highest BCUT2D eigenvalue weighted by Crippen LogP contribution is 2.47. The van der Waals surface area contributed by atoms with Gasteiger partial charge < -0.3 is 10.6 Å². The summed E-state index contributed by atoms with van der Waals surface area (Å²) in [4.78, 5) is 8.95. The summed E-state index contributed by atoms with van der Waals surface area (Å²) >= 11 is 7.93. The lowest BCUT2D eigenvalue weighted by atomic mass is 10.1. The van der Waals surface area contributed by atoms with Crippen molar-refractivity contribution in [2.24, 2.45) is 10.7 Å². The Labute approximate surface area is 143 Å². The predicted molar refractivity (Wildman–Crippen MR) is 94.0 cm³/mol. The van der Waals surface area contributed by atoms with Crippen LogP contribution in [-0.2, 0) is 0 Å². The van der Waals surface area contributed by atoms with Crippen LogP contribution >= 0.6 is 40.3 Å². The normalized spacial score (nSPS) is 18.8. The molecule has 4 rings (SSSR count).